The van der Waals surface area contributed by atoms with Gasteiger partial charge in [-0.3, -0.25) is 0 Å². The molecule has 0 heterocycles. The summed E-state index contributed by atoms with van der Waals surface area (Å²) < 4.78 is 5.13. The first-order chi connectivity index (χ1) is 7.04. The van der Waals surface area contributed by atoms with Gasteiger partial charge in [0, 0.05) is 0 Å². The van der Waals surface area contributed by atoms with Crippen LogP contribution in [0.4, 0.5) is 0 Å². The number of benzene rings is 1. The Morgan fingerprint density at radius 1 is 1.33 bits per heavy atom. The molecule has 0 spiro atoms. The molecule has 0 aliphatic heterocycles. The molecule has 0 saturated heterocycles. The van der Waals surface area contributed by atoms with Crippen LogP contribution in [0.1, 0.15) is 16.7 Å². The molecule has 1 rings (SSSR count). The van der Waals surface area contributed by atoms with E-state index < -0.39 is 5.95 Å². The fourth-order valence-electron chi connectivity index (χ4n) is 1.51. The molecular formula is C11H13N2O2+. The molecule has 0 unspecified atom stereocenters. The van der Waals surface area contributed by atoms with E-state index in [1.807, 2.05) is 32.9 Å². The summed E-state index contributed by atoms with van der Waals surface area (Å²) in [6, 6.07) is 3.90. The van der Waals surface area contributed by atoms with Crippen molar-refractivity contribution in [2.24, 2.45) is 0 Å². The summed E-state index contributed by atoms with van der Waals surface area (Å²) >= 11 is 0. The van der Waals surface area contributed by atoms with E-state index in [1.165, 1.54) is 0 Å². The molecule has 0 bridgehead atoms. The zero-order chi connectivity index (χ0) is 11.4. The van der Waals surface area contributed by atoms with E-state index in [-0.39, 0.29) is 0 Å². The van der Waals surface area contributed by atoms with Gasteiger partial charge in [0.15, 0.2) is 4.98 Å². The predicted molar refractivity (Wildman–Crippen MR) is 57.1 cm³/mol. The van der Waals surface area contributed by atoms with Gasteiger partial charge >= 0.3 is 12.1 Å². The normalized spacial score (nSPS) is 10.9. The SMILES string of the molecule is Cc1cc(C)c(O/C(O)=C/[N+]#N)c(C)c1. The van der Waals surface area contributed by atoms with Gasteiger partial charge in [0.25, 0.3) is 0 Å². The number of ether oxygens (including phenoxy) is 1. The summed E-state index contributed by atoms with van der Waals surface area (Å²) in [5.74, 6) is 0.144. The smallest absolute Gasteiger partial charge is 0.430 e. The topological polar surface area (TPSA) is 57.6 Å². The van der Waals surface area contributed by atoms with Gasteiger partial charge in [0.2, 0.25) is 5.39 Å². The van der Waals surface area contributed by atoms with Crippen molar-refractivity contribution in [3.05, 3.63) is 45.9 Å². The standard InChI is InChI=1S/C11H12N2O2/c1-7-4-8(2)11(9(3)5-7)15-10(14)6-13-12/h4-6H,1-3H3/p+1/b10-6+. The van der Waals surface area contributed by atoms with E-state index in [1.54, 1.807) is 0 Å². The first-order valence-electron chi connectivity index (χ1n) is 4.53. The van der Waals surface area contributed by atoms with E-state index in [4.69, 9.17) is 10.1 Å². The number of rotatable bonds is 2. The monoisotopic (exact) mass is 205 g/mol. The van der Waals surface area contributed by atoms with E-state index in [2.05, 4.69) is 4.98 Å². The quantitative estimate of drug-likeness (QED) is 0.595. The third-order valence-corrected chi connectivity index (χ3v) is 1.98. The maximum Gasteiger partial charge on any atom is 0.430 e. The molecule has 0 fully saturated rings. The molecule has 78 valence electrons. The van der Waals surface area contributed by atoms with Crippen LogP contribution in [-0.2, 0) is 0 Å². The number of hydrogen-bond acceptors (Lipinski definition) is 3. The van der Waals surface area contributed by atoms with Gasteiger partial charge in [0.1, 0.15) is 5.75 Å². The molecule has 1 N–H and O–H groups in total. The Morgan fingerprint density at radius 2 is 1.87 bits per heavy atom. The number of diazo groups is 1. The van der Waals surface area contributed by atoms with Crippen molar-refractivity contribution in [3.8, 4) is 5.75 Å². The summed E-state index contributed by atoms with van der Waals surface area (Å²) in [6.07, 6.45) is 0.832. The largest absolute Gasteiger partial charge is 0.475 e. The van der Waals surface area contributed by atoms with E-state index in [9.17, 15) is 5.11 Å². The van der Waals surface area contributed by atoms with Crippen LogP contribution in [0.3, 0.4) is 0 Å². The second-order valence-electron chi connectivity index (χ2n) is 3.41. The highest BCUT2D eigenvalue weighted by molar-refractivity contribution is 5.43. The molecule has 0 aliphatic rings. The van der Waals surface area contributed by atoms with Gasteiger partial charge in [-0.05, 0) is 31.9 Å². The molecule has 0 aromatic heterocycles. The van der Waals surface area contributed by atoms with Crippen LogP contribution in [0.25, 0.3) is 4.98 Å². The maximum atomic E-state index is 9.21. The van der Waals surface area contributed by atoms with Crippen molar-refractivity contribution in [2.75, 3.05) is 0 Å². The Hall–Kier alpha value is -2.02. The Kier molecular flexibility index (Phi) is 3.29. The third kappa shape index (κ3) is 2.71. The van der Waals surface area contributed by atoms with Gasteiger partial charge in [-0.15, -0.1) is 0 Å². The molecule has 0 amide bonds. The van der Waals surface area contributed by atoms with Gasteiger partial charge in [-0.25, -0.2) is 0 Å². The minimum absolute atomic E-state index is 0.437. The minimum Gasteiger partial charge on any atom is -0.475 e. The Labute approximate surface area is 88.4 Å². The molecule has 15 heavy (non-hydrogen) atoms. The third-order valence-electron chi connectivity index (χ3n) is 1.98. The van der Waals surface area contributed by atoms with Gasteiger partial charge in [-0.1, -0.05) is 17.7 Å². The molecule has 1 aromatic rings. The van der Waals surface area contributed by atoms with Crippen LogP contribution in [0, 0.1) is 26.2 Å². The maximum absolute atomic E-state index is 9.21. The fraction of sp³-hybridized carbons (Fsp3) is 0.273. The molecule has 4 heteroatoms. The summed E-state index contributed by atoms with van der Waals surface area (Å²) in [5.41, 5.74) is 2.98. The predicted octanol–water partition coefficient (Wildman–Crippen LogP) is 3.20. The summed E-state index contributed by atoms with van der Waals surface area (Å²) in [4.78, 5) is 2.67. The Balaban J connectivity index is 3.06. The highest BCUT2D eigenvalue weighted by Crippen LogP contribution is 2.25. The van der Waals surface area contributed by atoms with E-state index in [0.717, 1.165) is 22.9 Å². The summed E-state index contributed by atoms with van der Waals surface area (Å²) in [5, 5.41) is 17.4. The highest BCUT2D eigenvalue weighted by Gasteiger charge is 2.09. The zero-order valence-corrected chi connectivity index (χ0v) is 8.98. The first kappa shape index (κ1) is 11.1. The lowest BCUT2D eigenvalue weighted by Crippen LogP contribution is -1.98. The average Bonchev–Trinajstić information content (AvgIpc) is 2.11. The van der Waals surface area contributed by atoms with Gasteiger partial charge in [-0.2, -0.15) is 0 Å². The molecule has 0 radical (unpaired) electrons. The number of nitrogens with zero attached hydrogens (tertiary/aromatic N) is 2. The molecule has 0 atom stereocenters. The first-order valence-corrected chi connectivity index (χ1v) is 4.53. The minimum atomic E-state index is -0.437. The van der Waals surface area contributed by atoms with Crippen molar-refractivity contribution in [2.45, 2.75) is 20.8 Å². The highest BCUT2D eigenvalue weighted by atomic mass is 16.6. The van der Waals surface area contributed by atoms with Crippen LogP contribution >= 0.6 is 0 Å². The molecule has 4 nitrogen and oxygen atoms in total. The van der Waals surface area contributed by atoms with Gasteiger partial charge in [0.05, 0.1) is 0 Å². The summed E-state index contributed by atoms with van der Waals surface area (Å²) in [6.45, 7) is 5.76. The number of aliphatic hydroxyl groups excluding tert-OH is 1. The van der Waals surface area contributed by atoms with Crippen LogP contribution in [-0.4, -0.2) is 5.11 Å². The van der Waals surface area contributed by atoms with E-state index in [0.29, 0.717) is 5.75 Å². The van der Waals surface area contributed by atoms with Crippen LogP contribution in [0.15, 0.2) is 24.3 Å². The lowest BCUT2D eigenvalue weighted by atomic mass is 10.1. The second-order valence-corrected chi connectivity index (χ2v) is 3.41. The second kappa shape index (κ2) is 4.47. The number of aliphatic hydroxyl groups is 1. The van der Waals surface area contributed by atoms with E-state index >= 15 is 0 Å². The molecule has 1 aromatic carbocycles. The van der Waals surface area contributed by atoms with Crippen molar-refractivity contribution >= 4 is 0 Å². The molecule has 0 aliphatic carbocycles. The lowest BCUT2D eigenvalue weighted by molar-refractivity contribution is 0.207. The molecular weight excluding hydrogens is 192 g/mol. The Bertz CT molecular complexity index is 421. The lowest BCUT2D eigenvalue weighted by Gasteiger charge is -2.09. The van der Waals surface area contributed by atoms with Crippen molar-refractivity contribution in [1.82, 2.24) is 0 Å². The van der Waals surface area contributed by atoms with Crippen molar-refractivity contribution in [1.29, 1.82) is 5.39 Å². The molecule has 0 saturated carbocycles. The van der Waals surface area contributed by atoms with Crippen LogP contribution in [0.5, 0.6) is 5.75 Å². The van der Waals surface area contributed by atoms with Crippen LogP contribution < -0.4 is 4.74 Å². The number of aryl methyl sites for hydroxylation is 3. The number of hydrogen-bond donors (Lipinski definition) is 1. The fourth-order valence-corrected chi connectivity index (χ4v) is 1.51. The van der Waals surface area contributed by atoms with Crippen molar-refractivity contribution in [3.63, 3.8) is 0 Å². The van der Waals surface area contributed by atoms with Crippen LogP contribution in [0.2, 0.25) is 0 Å². The Morgan fingerprint density at radius 3 is 2.33 bits per heavy atom. The zero-order valence-electron chi connectivity index (χ0n) is 8.98. The summed E-state index contributed by atoms with van der Waals surface area (Å²) in [7, 11) is 0. The van der Waals surface area contributed by atoms with Crippen molar-refractivity contribution < 1.29 is 9.84 Å². The average molecular weight is 205 g/mol. The van der Waals surface area contributed by atoms with Gasteiger partial charge < -0.3 is 9.84 Å².